The van der Waals surface area contributed by atoms with Crippen LogP contribution in [0.2, 0.25) is 0 Å². The molecule has 1 fully saturated rings. The molecule has 0 bridgehead atoms. The van der Waals surface area contributed by atoms with Crippen LogP contribution in [0.3, 0.4) is 0 Å². The Kier molecular flexibility index (Phi) is 5.20. The predicted octanol–water partition coefficient (Wildman–Crippen LogP) is 3.27. The molecule has 1 saturated carbocycles. The molecule has 3 heteroatoms. The number of aryl methyl sites for hydroxylation is 1. The van der Waals surface area contributed by atoms with Crippen LogP contribution in [0.4, 0.5) is 5.69 Å². The lowest BCUT2D eigenvalue weighted by Crippen LogP contribution is -2.34. The van der Waals surface area contributed by atoms with Crippen molar-refractivity contribution >= 4 is 5.69 Å². The molecule has 0 amide bonds. The third-order valence-corrected chi connectivity index (χ3v) is 4.17. The highest BCUT2D eigenvalue weighted by Gasteiger charge is 2.20. The normalized spacial score (nSPS) is 16.6. The van der Waals surface area contributed by atoms with E-state index in [1.54, 1.807) is 0 Å². The number of hydrogen-bond acceptors (Lipinski definition) is 3. The minimum absolute atomic E-state index is 0.705. The molecule has 1 aromatic rings. The first-order valence-corrected chi connectivity index (χ1v) is 7.61. The van der Waals surface area contributed by atoms with Gasteiger partial charge in [-0.2, -0.15) is 0 Å². The Morgan fingerprint density at radius 2 is 2.05 bits per heavy atom. The molecule has 1 aliphatic rings. The molecular weight excluding hydrogens is 234 g/mol. The smallest absolute Gasteiger partial charge is 0.0445 e. The molecule has 3 nitrogen and oxygen atoms in total. The fraction of sp³-hybridized carbons (Fsp3) is 0.688. The van der Waals surface area contributed by atoms with E-state index in [1.165, 1.54) is 43.4 Å². The molecule has 106 valence electrons. The molecule has 2 rings (SSSR count). The predicted molar refractivity (Wildman–Crippen MR) is 81.6 cm³/mol. The van der Waals surface area contributed by atoms with Crippen LogP contribution in [-0.2, 0) is 6.54 Å². The van der Waals surface area contributed by atoms with E-state index in [0.717, 1.165) is 18.8 Å². The third kappa shape index (κ3) is 3.69. The Hall–Kier alpha value is -1.09. The highest BCUT2D eigenvalue weighted by molar-refractivity contribution is 5.54. The maximum atomic E-state index is 4.45. The third-order valence-electron chi connectivity index (χ3n) is 4.17. The van der Waals surface area contributed by atoms with Crippen LogP contribution in [0.1, 0.15) is 50.3 Å². The largest absolute Gasteiger partial charge is 0.371 e. The topological polar surface area (TPSA) is 28.2 Å². The van der Waals surface area contributed by atoms with Crippen LogP contribution in [0.5, 0.6) is 0 Å². The van der Waals surface area contributed by atoms with Crippen molar-refractivity contribution in [2.24, 2.45) is 0 Å². The van der Waals surface area contributed by atoms with E-state index in [4.69, 9.17) is 0 Å². The monoisotopic (exact) mass is 261 g/mol. The first kappa shape index (κ1) is 14.3. The van der Waals surface area contributed by atoms with Crippen molar-refractivity contribution in [2.75, 3.05) is 18.5 Å². The molecule has 0 aliphatic heterocycles. The summed E-state index contributed by atoms with van der Waals surface area (Å²) in [5, 5.41) is 3.42. The van der Waals surface area contributed by atoms with E-state index < -0.39 is 0 Å². The van der Waals surface area contributed by atoms with Crippen molar-refractivity contribution in [2.45, 2.75) is 58.5 Å². The van der Waals surface area contributed by atoms with Crippen LogP contribution in [0, 0.1) is 6.92 Å². The van der Waals surface area contributed by atoms with Gasteiger partial charge in [-0.3, -0.25) is 4.98 Å². The van der Waals surface area contributed by atoms with Gasteiger partial charge in [0.25, 0.3) is 0 Å². The first-order valence-electron chi connectivity index (χ1n) is 7.61. The molecular formula is C16H27N3. The van der Waals surface area contributed by atoms with E-state index >= 15 is 0 Å². The fourth-order valence-electron chi connectivity index (χ4n) is 2.96. The fourth-order valence-corrected chi connectivity index (χ4v) is 2.96. The van der Waals surface area contributed by atoms with Gasteiger partial charge < -0.3 is 10.2 Å². The minimum atomic E-state index is 0.705. The second-order valence-corrected chi connectivity index (χ2v) is 5.64. The summed E-state index contributed by atoms with van der Waals surface area (Å²) >= 11 is 0. The van der Waals surface area contributed by atoms with Crippen molar-refractivity contribution in [3.63, 3.8) is 0 Å². The van der Waals surface area contributed by atoms with Gasteiger partial charge in [0.1, 0.15) is 0 Å². The molecule has 19 heavy (non-hydrogen) atoms. The SMILES string of the molecule is CCNCc1cnc(C)cc1N(C)C1CCCCC1. The Balaban J connectivity index is 2.17. The van der Waals surface area contributed by atoms with Crippen molar-refractivity contribution in [3.05, 3.63) is 23.5 Å². The van der Waals surface area contributed by atoms with Crippen molar-refractivity contribution < 1.29 is 0 Å². The molecule has 1 heterocycles. The van der Waals surface area contributed by atoms with Gasteiger partial charge in [-0.05, 0) is 32.4 Å². The molecule has 0 saturated heterocycles. The Morgan fingerprint density at radius 1 is 1.32 bits per heavy atom. The van der Waals surface area contributed by atoms with Gasteiger partial charge in [0, 0.05) is 42.8 Å². The summed E-state index contributed by atoms with van der Waals surface area (Å²) in [6.45, 7) is 6.14. The standard InChI is InChI=1S/C16H27N3/c1-4-17-11-14-12-18-13(2)10-16(14)19(3)15-8-6-5-7-9-15/h10,12,15,17H,4-9,11H2,1-3H3. The van der Waals surface area contributed by atoms with Crippen LogP contribution >= 0.6 is 0 Å². The van der Waals surface area contributed by atoms with Crippen LogP contribution in [-0.4, -0.2) is 24.6 Å². The minimum Gasteiger partial charge on any atom is -0.371 e. The zero-order chi connectivity index (χ0) is 13.7. The summed E-state index contributed by atoms with van der Waals surface area (Å²) < 4.78 is 0. The van der Waals surface area contributed by atoms with E-state index in [0.29, 0.717) is 6.04 Å². The molecule has 0 unspecified atom stereocenters. The average molecular weight is 261 g/mol. The molecule has 0 atom stereocenters. The molecule has 0 spiro atoms. The van der Waals surface area contributed by atoms with E-state index in [1.807, 2.05) is 6.20 Å². The number of pyridine rings is 1. The highest BCUT2D eigenvalue weighted by Crippen LogP contribution is 2.28. The highest BCUT2D eigenvalue weighted by atomic mass is 15.1. The number of hydrogen-bond donors (Lipinski definition) is 1. The number of anilines is 1. The molecule has 1 aliphatic carbocycles. The molecule has 0 radical (unpaired) electrons. The lowest BCUT2D eigenvalue weighted by Gasteiger charge is -2.34. The van der Waals surface area contributed by atoms with Gasteiger partial charge in [0.15, 0.2) is 0 Å². The summed E-state index contributed by atoms with van der Waals surface area (Å²) in [7, 11) is 2.25. The second-order valence-electron chi connectivity index (χ2n) is 5.64. The van der Waals surface area contributed by atoms with Crippen molar-refractivity contribution in [1.29, 1.82) is 0 Å². The van der Waals surface area contributed by atoms with Gasteiger partial charge >= 0.3 is 0 Å². The van der Waals surface area contributed by atoms with Crippen LogP contribution < -0.4 is 10.2 Å². The van der Waals surface area contributed by atoms with Gasteiger partial charge in [0.2, 0.25) is 0 Å². The van der Waals surface area contributed by atoms with Gasteiger partial charge in [-0.25, -0.2) is 0 Å². The summed E-state index contributed by atoms with van der Waals surface area (Å²) in [6.07, 6.45) is 8.86. The number of nitrogens with zero attached hydrogens (tertiary/aromatic N) is 2. The lowest BCUT2D eigenvalue weighted by atomic mass is 9.94. The summed E-state index contributed by atoms with van der Waals surface area (Å²) in [5.74, 6) is 0. The van der Waals surface area contributed by atoms with E-state index in [9.17, 15) is 0 Å². The summed E-state index contributed by atoms with van der Waals surface area (Å²) in [6, 6.07) is 2.94. The van der Waals surface area contributed by atoms with Gasteiger partial charge in [0.05, 0.1) is 0 Å². The van der Waals surface area contributed by atoms with E-state index in [-0.39, 0.29) is 0 Å². The quantitative estimate of drug-likeness (QED) is 0.881. The first-order chi connectivity index (χ1) is 9.22. The van der Waals surface area contributed by atoms with Crippen LogP contribution in [0.25, 0.3) is 0 Å². The van der Waals surface area contributed by atoms with Crippen molar-refractivity contribution in [1.82, 2.24) is 10.3 Å². The zero-order valence-electron chi connectivity index (χ0n) is 12.6. The Bertz CT molecular complexity index is 397. The summed E-state index contributed by atoms with van der Waals surface area (Å²) in [4.78, 5) is 6.94. The number of aromatic nitrogens is 1. The van der Waals surface area contributed by atoms with Gasteiger partial charge in [-0.15, -0.1) is 0 Å². The maximum Gasteiger partial charge on any atom is 0.0445 e. The lowest BCUT2D eigenvalue weighted by molar-refractivity contribution is 0.427. The second kappa shape index (κ2) is 6.90. The zero-order valence-corrected chi connectivity index (χ0v) is 12.6. The Morgan fingerprint density at radius 3 is 2.74 bits per heavy atom. The maximum absolute atomic E-state index is 4.45. The summed E-state index contributed by atoms with van der Waals surface area (Å²) in [5.41, 5.74) is 3.79. The molecule has 0 aromatic carbocycles. The van der Waals surface area contributed by atoms with Gasteiger partial charge in [-0.1, -0.05) is 26.2 Å². The molecule has 1 aromatic heterocycles. The average Bonchev–Trinajstić information content (AvgIpc) is 2.46. The molecule has 1 N–H and O–H groups in total. The number of nitrogens with one attached hydrogen (secondary N) is 1. The Labute approximate surface area is 117 Å². The van der Waals surface area contributed by atoms with E-state index in [2.05, 4.69) is 42.2 Å². The number of rotatable bonds is 5. The van der Waals surface area contributed by atoms with Crippen molar-refractivity contribution in [3.8, 4) is 0 Å². The van der Waals surface area contributed by atoms with Crippen LogP contribution in [0.15, 0.2) is 12.3 Å².